The Hall–Kier alpha value is -2.83. The van der Waals surface area contributed by atoms with E-state index < -0.39 is 0 Å². The van der Waals surface area contributed by atoms with Gasteiger partial charge in [-0.3, -0.25) is 9.59 Å². The zero-order valence-corrected chi connectivity index (χ0v) is 16.0. The number of para-hydroxylation sites is 1. The first kappa shape index (κ1) is 18.9. The second-order valence-electron chi connectivity index (χ2n) is 7.06. The van der Waals surface area contributed by atoms with Gasteiger partial charge >= 0.3 is 0 Å². The first-order chi connectivity index (χ1) is 13.0. The van der Waals surface area contributed by atoms with E-state index in [-0.39, 0.29) is 23.8 Å². The van der Waals surface area contributed by atoms with Crippen molar-refractivity contribution in [2.45, 2.75) is 32.7 Å². The number of nitrogens with one attached hydrogen (secondary N) is 1. The van der Waals surface area contributed by atoms with E-state index in [2.05, 4.69) is 10.4 Å². The van der Waals surface area contributed by atoms with E-state index in [1.807, 2.05) is 44.2 Å². The molecule has 1 N–H and O–H groups in total. The van der Waals surface area contributed by atoms with Crippen molar-refractivity contribution in [1.82, 2.24) is 20.0 Å². The van der Waals surface area contributed by atoms with E-state index in [1.54, 1.807) is 15.8 Å². The highest BCUT2D eigenvalue weighted by Gasteiger charge is 2.30. The number of benzene rings is 1. The normalized spacial score (nSPS) is 15.0. The minimum atomic E-state index is -0.163. The summed E-state index contributed by atoms with van der Waals surface area (Å²) in [4.78, 5) is 26.9. The number of hydrogen-bond donors (Lipinski definition) is 1. The van der Waals surface area contributed by atoms with Gasteiger partial charge in [0, 0.05) is 25.0 Å². The van der Waals surface area contributed by atoms with Crippen LogP contribution in [0.25, 0.3) is 5.69 Å². The van der Waals surface area contributed by atoms with Crippen LogP contribution >= 0.6 is 0 Å². The molecule has 2 amide bonds. The van der Waals surface area contributed by atoms with Crippen LogP contribution in [0.5, 0.6) is 5.75 Å². The smallest absolute Gasteiger partial charge is 0.278 e. The van der Waals surface area contributed by atoms with Crippen LogP contribution in [0.1, 0.15) is 37.2 Å². The molecule has 1 fully saturated rings. The van der Waals surface area contributed by atoms with Crippen molar-refractivity contribution < 1.29 is 14.3 Å². The zero-order valence-electron chi connectivity index (χ0n) is 16.0. The van der Waals surface area contributed by atoms with Crippen LogP contribution in [-0.2, 0) is 4.79 Å². The molecule has 0 radical (unpaired) electrons. The number of carbonyl (C=O) groups is 2. The molecule has 1 aliphatic heterocycles. The van der Waals surface area contributed by atoms with Gasteiger partial charge in [-0.15, -0.1) is 0 Å². The predicted octanol–water partition coefficient (Wildman–Crippen LogP) is 2.26. The van der Waals surface area contributed by atoms with Gasteiger partial charge in [0.25, 0.3) is 5.91 Å². The average Bonchev–Trinajstić information content (AvgIpc) is 3.12. The minimum absolute atomic E-state index is 0.0415. The maximum Gasteiger partial charge on any atom is 0.278 e. The minimum Gasteiger partial charge on any atom is -0.493 e. The molecule has 0 unspecified atom stereocenters. The Balaban J connectivity index is 1.70. The van der Waals surface area contributed by atoms with Crippen molar-refractivity contribution in [1.29, 1.82) is 0 Å². The van der Waals surface area contributed by atoms with Gasteiger partial charge in [0.2, 0.25) is 5.91 Å². The van der Waals surface area contributed by atoms with E-state index in [9.17, 15) is 9.59 Å². The van der Waals surface area contributed by atoms with E-state index in [0.717, 1.165) is 5.69 Å². The number of hydrogen-bond acceptors (Lipinski definition) is 4. The number of amides is 2. The lowest BCUT2D eigenvalue weighted by molar-refractivity contribution is -0.126. The number of likely N-dealkylation sites (tertiary alicyclic amines) is 1. The maximum atomic E-state index is 12.9. The molecule has 0 spiro atoms. The molecule has 1 saturated heterocycles. The quantitative estimate of drug-likeness (QED) is 0.876. The summed E-state index contributed by atoms with van der Waals surface area (Å²) in [6, 6.07) is 9.72. The molecular formula is C20H26N4O3. The summed E-state index contributed by atoms with van der Waals surface area (Å²) in [5, 5.41) is 7.39. The molecule has 7 heteroatoms. The topological polar surface area (TPSA) is 76.5 Å². The molecule has 1 aromatic heterocycles. The van der Waals surface area contributed by atoms with E-state index >= 15 is 0 Å². The maximum absolute atomic E-state index is 12.9. The summed E-state index contributed by atoms with van der Waals surface area (Å²) < 4.78 is 7.02. The molecule has 3 rings (SSSR count). The van der Waals surface area contributed by atoms with Gasteiger partial charge in [-0.05, 0) is 38.8 Å². The Morgan fingerprint density at radius 2 is 1.85 bits per heavy atom. The predicted molar refractivity (Wildman–Crippen MR) is 102 cm³/mol. The van der Waals surface area contributed by atoms with Crippen LogP contribution in [0.2, 0.25) is 0 Å². The van der Waals surface area contributed by atoms with Crippen LogP contribution < -0.4 is 10.1 Å². The number of rotatable bonds is 5. The number of piperidine rings is 1. The number of nitrogens with zero attached hydrogens (tertiary/aromatic N) is 3. The Labute approximate surface area is 159 Å². The molecule has 2 aromatic rings. The fourth-order valence-corrected chi connectivity index (χ4v) is 3.27. The highest BCUT2D eigenvalue weighted by atomic mass is 16.5. The SMILES string of the molecule is COc1cn(-c2ccccc2)nc1C(=O)N1CCC(C(=O)NC(C)C)CC1. The van der Waals surface area contributed by atoms with Gasteiger partial charge in [0.15, 0.2) is 11.4 Å². The number of ether oxygens (including phenoxy) is 1. The third kappa shape index (κ3) is 4.30. The lowest BCUT2D eigenvalue weighted by atomic mass is 9.95. The highest BCUT2D eigenvalue weighted by Crippen LogP contribution is 2.24. The van der Waals surface area contributed by atoms with Crippen LogP contribution in [0.3, 0.4) is 0 Å². The largest absolute Gasteiger partial charge is 0.493 e. The molecule has 0 atom stereocenters. The first-order valence-electron chi connectivity index (χ1n) is 9.28. The van der Waals surface area contributed by atoms with Crippen molar-refractivity contribution in [3.63, 3.8) is 0 Å². The summed E-state index contributed by atoms with van der Waals surface area (Å²) in [7, 11) is 1.53. The Kier molecular flexibility index (Phi) is 5.78. The molecule has 0 saturated carbocycles. The molecule has 1 aromatic carbocycles. The van der Waals surface area contributed by atoms with Gasteiger partial charge in [-0.2, -0.15) is 5.10 Å². The third-order valence-electron chi connectivity index (χ3n) is 4.71. The molecule has 1 aliphatic rings. The lowest BCUT2D eigenvalue weighted by Gasteiger charge is -2.31. The molecule has 0 aliphatic carbocycles. The van der Waals surface area contributed by atoms with Crippen molar-refractivity contribution in [2.24, 2.45) is 5.92 Å². The second-order valence-corrected chi connectivity index (χ2v) is 7.06. The van der Waals surface area contributed by atoms with Crippen molar-refractivity contribution >= 4 is 11.8 Å². The van der Waals surface area contributed by atoms with Crippen LogP contribution in [0.4, 0.5) is 0 Å². The van der Waals surface area contributed by atoms with E-state index in [1.165, 1.54) is 7.11 Å². The lowest BCUT2D eigenvalue weighted by Crippen LogP contribution is -2.44. The third-order valence-corrected chi connectivity index (χ3v) is 4.71. The number of carbonyl (C=O) groups excluding carboxylic acids is 2. The Morgan fingerprint density at radius 3 is 2.44 bits per heavy atom. The van der Waals surface area contributed by atoms with E-state index in [0.29, 0.717) is 37.4 Å². The number of aromatic nitrogens is 2. The number of methoxy groups -OCH3 is 1. The average molecular weight is 370 g/mol. The summed E-state index contributed by atoms with van der Waals surface area (Å²) in [6.07, 6.45) is 3.03. The van der Waals surface area contributed by atoms with Crippen LogP contribution in [0, 0.1) is 5.92 Å². The summed E-state index contributed by atoms with van der Waals surface area (Å²) in [5.41, 5.74) is 1.16. The van der Waals surface area contributed by atoms with Gasteiger partial charge in [0.05, 0.1) is 19.0 Å². The first-order valence-corrected chi connectivity index (χ1v) is 9.28. The van der Waals surface area contributed by atoms with Gasteiger partial charge in [-0.25, -0.2) is 4.68 Å². The molecule has 0 bridgehead atoms. The molecule has 144 valence electrons. The zero-order chi connectivity index (χ0) is 19.4. The van der Waals surface area contributed by atoms with Gasteiger partial charge in [0.1, 0.15) is 0 Å². The standard InChI is InChI=1S/C20H26N4O3/c1-14(2)21-19(25)15-9-11-23(12-10-15)20(26)18-17(27-3)13-24(22-18)16-7-5-4-6-8-16/h4-8,13-15H,9-12H2,1-3H3,(H,21,25). The summed E-state index contributed by atoms with van der Waals surface area (Å²) in [5.74, 6) is 0.316. The summed E-state index contributed by atoms with van der Waals surface area (Å²) in [6.45, 7) is 4.98. The van der Waals surface area contributed by atoms with Gasteiger partial charge in [-0.1, -0.05) is 18.2 Å². The fraction of sp³-hybridized carbons (Fsp3) is 0.450. The van der Waals surface area contributed by atoms with Crippen LogP contribution in [-0.4, -0.2) is 52.7 Å². The van der Waals surface area contributed by atoms with Crippen molar-refractivity contribution in [3.8, 4) is 11.4 Å². The summed E-state index contributed by atoms with van der Waals surface area (Å²) >= 11 is 0. The van der Waals surface area contributed by atoms with Gasteiger partial charge < -0.3 is 15.0 Å². The Bertz CT molecular complexity index is 793. The fourth-order valence-electron chi connectivity index (χ4n) is 3.27. The molecule has 27 heavy (non-hydrogen) atoms. The van der Waals surface area contributed by atoms with E-state index in [4.69, 9.17) is 4.74 Å². The molecular weight excluding hydrogens is 344 g/mol. The molecule has 2 heterocycles. The second kappa shape index (κ2) is 8.24. The van der Waals surface area contributed by atoms with Crippen LogP contribution in [0.15, 0.2) is 36.5 Å². The monoisotopic (exact) mass is 370 g/mol. The Morgan fingerprint density at radius 1 is 1.19 bits per heavy atom. The van der Waals surface area contributed by atoms with Crippen molar-refractivity contribution in [2.75, 3.05) is 20.2 Å². The highest BCUT2D eigenvalue weighted by molar-refractivity contribution is 5.95. The van der Waals surface area contributed by atoms with Crippen molar-refractivity contribution in [3.05, 3.63) is 42.2 Å². The molecule has 7 nitrogen and oxygen atoms in total.